The Morgan fingerprint density at radius 1 is 1.17 bits per heavy atom. The van der Waals surface area contributed by atoms with E-state index in [1.165, 1.54) is 6.42 Å². The fraction of sp³-hybridized carbons (Fsp3) is 0.375. The molecule has 1 saturated heterocycles. The number of anilines is 2. The number of pyridine rings is 2. The van der Waals surface area contributed by atoms with Gasteiger partial charge >= 0.3 is 0 Å². The Morgan fingerprint density at radius 2 is 2.00 bits per heavy atom. The third-order valence-electron chi connectivity index (χ3n) is 5.86. The highest BCUT2D eigenvalue weighted by molar-refractivity contribution is 6.07. The number of piperidine rings is 1. The molecule has 5 heteroatoms. The van der Waals surface area contributed by atoms with Crippen molar-refractivity contribution < 1.29 is 4.79 Å². The molecule has 3 heterocycles. The molecule has 1 N–H and O–H groups in total. The van der Waals surface area contributed by atoms with Gasteiger partial charge in [-0.3, -0.25) is 4.79 Å². The first-order valence-corrected chi connectivity index (χ1v) is 10.5. The molecule has 0 radical (unpaired) electrons. The monoisotopic (exact) mass is 388 g/mol. The molecule has 4 rings (SSSR count). The van der Waals surface area contributed by atoms with Crippen molar-refractivity contribution in [2.45, 2.75) is 52.5 Å². The number of aryl methyl sites for hydroxylation is 2. The largest absolute Gasteiger partial charge is 0.354 e. The maximum atomic E-state index is 13.6. The Morgan fingerprint density at radius 3 is 2.79 bits per heavy atom. The lowest BCUT2D eigenvalue weighted by atomic mass is 9.98. The lowest BCUT2D eigenvalue weighted by Gasteiger charge is -2.35. The first-order valence-electron chi connectivity index (χ1n) is 10.5. The van der Waals surface area contributed by atoms with Crippen LogP contribution in [0.2, 0.25) is 0 Å². The van der Waals surface area contributed by atoms with Crippen LogP contribution in [0.3, 0.4) is 0 Å². The summed E-state index contributed by atoms with van der Waals surface area (Å²) in [5.41, 5.74) is 5.09. The van der Waals surface area contributed by atoms with Crippen molar-refractivity contribution >= 4 is 28.3 Å². The molecule has 0 unspecified atom stereocenters. The zero-order chi connectivity index (χ0) is 20.4. The normalized spacial score (nSPS) is 16.8. The summed E-state index contributed by atoms with van der Waals surface area (Å²) >= 11 is 0. The lowest BCUT2D eigenvalue weighted by molar-refractivity contribution is 0.0609. The number of amides is 1. The minimum Gasteiger partial charge on any atom is -0.354 e. The van der Waals surface area contributed by atoms with Crippen LogP contribution in [0.5, 0.6) is 0 Å². The zero-order valence-corrected chi connectivity index (χ0v) is 17.4. The van der Waals surface area contributed by atoms with Gasteiger partial charge in [0.2, 0.25) is 0 Å². The van der Waals surface area contributed by atoms with Crippen LogP contribution in [0.15, 0.2) is 42.6 Å². The van der Waals surface area contributed by atoms with E-state index in [2.05, 4.69) is 35.2 Å². The Bertz CT molecular complexity index is 1050. The van der Waals surface area contributed by atoms with Crippen molar-refractivity contribution in [3.63, 3.8) is 0 Å². The molecule has 0 saturated carbocycles. The van der Waals surface area contributed by atoms with E-state index in [1.54, 1.807) is 6.20 Å². The highest BCUT2D eigenvalue weighted by Gasteiger charge is 2.28. The second-order valence-electron chi connectivity index (χ2n) is 7.87. The fourth-order valence-electron chi connectivity index (χ4n) is 4.16. The first kappa shape index (κ1) is 19.4. The second kappa shape index (κ2) is 8.19. The SMILES string of the molecule is CC[C@H]1CCCCN1C(=O)c1cnc2nc(C)ccc2c1Nc1ccccc1C. The van der Waals surface area contributed by atoms with Gasteiger partial charge in [-0.1, -0.05) is 25.1 Å². The molecule has 1 aliphatic rings. The van der Waals surface area contributed by atoms with Crippen LogP contribution in [-0.2, 0) is 0 Å². The number of rotatable bonds is 4. The topological polar surface area (TPSA) is 58.1 Å². The average molecular weight is 389 g/mol. The Labute approximate surface area is 172 Å². The van der Waals surface area contributed by atoms with Crippen LogP contribution in [0.4, 0.5) is 11.4 Å². The van der Waals surface area contributed by atoms with Gasteiger partial charge in [0.25, 0.3) is 5.91 Å². The van der Waals surface area contributed by atoms with Gasteiger partial charge in [-0.2, -0.15) is 0 Å². The predicted octanol–water partition coefficient (Wildman–Crippen LogP) is 5.39. The summed E-state index contributed by atoms with van der Waals surface area (Å²) in [6.07, 6.45) is 6.00. The average Bonchev–Trinajstić information content (AvgIpc) is 2.74. The summed E-state index contributed by atoms with van der Waals surface area (Å²) in [5.74, 6) is 0.0580. The van der Waals surface area contributed by atoms with E-state index in [-0.39, 0.29) is 5.91 Å². The molecule has 3 aromatic rings. The number of likely N-dealkylation sites (tertiary alicyclic amines) is 1. The zero-order valence-electron chi connectivity index (χ0n) is 17.4. The van der Waals surface area contributed by atoms with Gasteiger partial charge in [-0.05, 0) is 63.3 Å². The van der Waals surface area contributed by atoms with E-state index in [0.717, 1.165) is 53.8 Å². The third-order valence-corrected chi connectivity index (χ3v) is 5.86. The second-order valence-corrected chi connectivity index (χ2v) is 7.87. The number of para-hydroxylation sites is 1. The number of aromatic nitrogens is 2. The molecule has 2 aromatic heterocycles. The first-order chi connectivity index (χ1) is 14.1. The molecule has 1 aromatic carbocycles. The van der Waals surface area contributed by atoms with Gasteiger partial charge in [0.05, 0.1) is 11.3 Å². The Hall–Kier alpha value is -2.95. The fourth-order valence-corrected chi connectivity index (χ4v) is 4.16. The van der Waals surface area contributed by atoms with Crippen molar-refractivity contribution in [2.75, 3.05) is 11.9 Å². The minimum atomic E-state index is 0.0580. The summed E-state index contributed by atoms with van der Waals surface area (Å²) in [6.45, 7) is 6.99. The smallest absolute Gasteiger partial charge is 0.257 e. The van der Waals surface area contributed by atoms with E-state index >= 15 is 0 Å². The summed E-state index contributed by atoms with van der Waals surface area (Å²) in [4.78, 5) is 24.7. The van der Waals surface area contributed by atoms with Gasteiger partial charge in [0.15, 0.2) is 5.65 Å². The number of fused-ring (bicyclic) bond motifs is 1. The molecule has 5 nitrogen and oxygen atoms in total. The Kier molecular flexibility index (Phi) is 5.47. The molecule has 1 atom stereocenters. The van der Waals surface area contributed by atoms with Gasteiger partial charge in [-0.25, -0.2) is 9.97 Å². The van der Waals surface area contributed by atoms with Gasteiger partial charge in [-0.15, -0.1) is 0 Å². The molecule has 0 bridgehead atoms. The highest BCUT2D eigenvalue weighted by Crippen LogP contribution is 2.32. The van der Waals surface area contributed by atoms with Crippen molar-refractivity contribution in [3.8, 4) is 0 Å². The Balaban J connectivity index is 1.83. The van der Waals surface area contributed by atoms with Crippen molar-refractivity contribution in [3.05, 3.63) is 59.4 Å². The van der Waals surface area contributed by atoms with E-state index in [1.807, 2.05) is 42.2 Å². The third kappa shape index (κ3) is 3.82. The number of carbonyl (C=O) groups is 1. The highest BCUT2D eigenvalue weighted by atomic mass is 16.2. The van der Waals surface area contributed by atoms with E-state index < -0.39 is 0 Å². The number of nitrogens with zero attached hydrogens (tertiary/aromatic N) is 3. The van der Waals surface area contributed by atoms with E-state index in [0.29, 0.717) is 17.3 Å². The number of carbonyl (C=O) groups excluding carboxylic acids is 1. The lowest BCUT2D eigenvalue weighted by Crippen LogP contribution is -2.43. The molecular formula is C24H28N4O. The number of hydrogen-bond acceptors (Lipinski definition) is 4. The van der Waals surface area contributed by atoms with Gasteiger partial charge in [0, 0.05) is 35.6 Å². The molecular weight excluding hydrogens is 360 g/mol. The van der Waals surface area contributed by atoms with Gasteiger partial charge < -0.3 is 10.2 Å². The summed E-state index contributed by atoms with van der Waals surface area (Å²) < 4.78 is 0. The summed E-state index contributed by atoms with van der Waals surface area (Å²) in [7, 11) is 0. The van der Waals surface area contributed by atoms with Crippen LogP contribution in [0, 0.1) is 13.8 Å². The molecule has 0 aliphatic carbocycles. The van der Waals surface area contributed by atoms with Crippen LogP contribution in [0.25, 0.3) is 11.0 Å². The molecule has 1 aliphatic heterocycles. The molecule has 0 spiro atoms. The van der Waals surface area contributed by atoms with E-state index in [9.17, 15) is 4.79 Å². The summed E-state index contributed by atoms with van der Waals surface area (Å²) in [6, 6.07) is 12.4. The van der Waals surface area contributed by atoms with Crippen molar-refractivity contribution in [1.82, 2.24) is 14.9 Å². The standard InChI is InChI=1S/C24H28N4O/c1-4-18-10-7-8-14-28(18)24(29)20-15-25-23-19(13-12-17(3)26-23)22(20)27-21-11-6-5-9-16(21)2/h5-6,9,11-13,15,18H,4,7-8,10,14H2,1-3H3,(H,25,26,27)/t18-/m0/s1. The van der Waals surface area contributed by atoms with Crippen molar-refractivity contribution in [1.29, 1.82) is 0 Å². The quantitative estimate of drug-likeness (QED) is 0.650. The molecule has 1 amide bonds. The van der Waals surface area contributed by atoms with Crippen LogP contribution in [-0.4, -0.2) is 33.4 Å². The molecule has 1 fully saturated rings. The predicted molar refractivity (Wildman–Crippen MR) is 118 cm³/mol. The minimum absolute atomic E-state index is 0.0580. The maximum absolute atomic E-state index is 13.6. The number of benzene rings is 1. The van der Waals surface area contributed by atoms with Crippen LogP contribution >= 0.6 is 0 Å². The van der Waals surface area contributed by atoms with Gasteiger partial charge in [0.1, 0.15) is 0 Å². The van der Waals surface area contributed by atoms with E-state index in [4.69, 9.17) is 0 Å². The van der Waals surface area contributed by atoms with Crippen LogP contribution < -0.4 is 5.32 Å². The number of nitrogens with one attached hydrogen (secondary N) is 1. The molecule has 29 heavy (non-hydrogen) atoms. The maximum Gasteiger partial charge on any atom is 0.257 e. The number of hydrogen-bond donors (Lipinski definition) is 1. The van der Waals surface area contributed by atoms with Crippen LogP contribution in [0.1, 0.15) is 54.2 Å². The molecule has 150 valence electrons. The summed E-state index contributed by atoms with van der Waals surface area (Å²) in [5, 5.41) is 4.40. The van der Waals surface area contributed by atoms with Crippen molar-refractivity contribution in [2.24, 2.45) is 0 Å².